The molecule has 29 heavy (non-hydrogen) atoms. The molecule has 2 aromatic heterocycles. The highest BCUT2D eigenvalue weighted by Crippen LogP contribution is 2.36. The molecule has 1 aromatic carbocycles. The summed E-state index contributed by atoms with van der Waals surface area (Å²) in [5.41, 5.74) is -0.884. The Hall–Kier alpha value is -3.16. The van der Waals surface area contributed by atoms with E-state index in [0.29, 0.717) is 23.9 Å². The maximum absolute atomic E-state index is 13.0. The van der Waals surface area contributed by atoms with Crippen LogP contribution in [0.4, 0.5) is 0 Å². The highest BCUT2D eigenvalue weighted by atomic mass is 32.2. The highest BCUT2D eigenvalue weighted by Gasteiger charge is 2.44. The fourth-order valence-electron chi connectivity index (χ4n) is 3.25. The lowest BCUT2D eigenvalue weighted by atomic mass is 10.2. The Morgan fingerprint density at radius 1 is 1.28 bits per heavy atom. The third kappa shape index (κ3) is 3.28. The van der Waals surface area contributed by atoms with Crippen LogP contribution in [0.2, 0.25) is 0 Å². The van der Waals surface area contributed by atoms with Crippen molar-refractivity contribution < 1.29 is 8.42 Å². The first-order valence-electron chi connectivity index (χ1n) is 8.89. The van der Waals surface area contributed by atoms with E-state index in [1.807, 2.05) is 0 Å². The summed E-state index contributed by atoms with van der Waals surface area (Å²) in [7, 11) is -0.639. The summed E-state index contributed by atoms with van der Waals surface area (Å²) in [5, 5.41) is 4.17. The van der Waals surface area contributed by atoms with E-state index in [0.717, 1.165) is 4.57 Å². The van der Waals surface area contributed by atoms with Crippen LogP contribution in [-0.2, 0) is 30.7 Å². The SMILES string of the molecule is C#CC1(NS(=O)(=O)c2ccc3c(c2)c(=O)n(Cc2cnn(C)c2)c(=O)n3C)CC1. The molecule has 0 amide bonds. The van der Waals surface area contributed by atoms with Gasteiger partial charge in [-0.15, -0.1) is 6.42 Å². The summed E-state index contributed by atoms with van der Waals surface area (Å²) in [6.45, 7) is 0.0325. The normalized spacial score (nSPS) is 15.3. The third-order valence-electron chi connectivity index (χ3n) is 5.09. The van der Waals surface area contributed by atoms with Gasteiger partial charge in [-0.1, -0.05) is 5.92 Å². The largest absolute Gasteiger partial charge is 0.331 e. The van der Waals surface area contributed by atoms with Crippen molar-refractivity contribution in [2.24, 2.45) is 14.1 Å². The lowest BCUT2D eigenvalue weighted by Gasteiger charge is -2.14. The molecule has 3 aromatic rings. The van der Waals surface area contributed by atoms with Gasteiger partial charge in [0.1, 0.15) is 0 Å². The molecule has 10 heteroatoms. The van der Waals surface area contributed by atoms with Crippen molar-refractivity contribution in [1.29, 1.82) is 0 Å². The number of rotatable bonds is 5. The topological polar surface area (TPSA) is 108 Å². The van der Waals surface area contributed by atoms with E-state index < -0.39 is 26.8 Å². The van der Waals surface area contributed by atoms with Crippen molar-refractivity contribution in [3.05, 3.63) is 57.0 Å². The molecule has 1 saturated carbocycles. The van der Waals surface area contributed by atoms with Gasteiger partial charge in [-0.05, 0) is 31.0 Å². The Labute approximate surface area is 166 Å². The summed E-state index contributed by atoms with van der Waals surface area (Å²) in [6.07, 6.45) is 9.84. The van der Waals surface area contributed by atoms with Crippen molar-refractivity contribution in [2.45, 2.75) is 29.8 Å². The second-order valence-corrected chi connectivity index (χ2v) is 8.95. The minimum absolute atomic E-state index is 0.0325. The summed E-state index contributed by atoms with van der Waals surface area (Å²) in [5.74, 6) is 2.47. The molecule has 4 rings (SSSR count). The lowest BCUT2D eigenvalue weighted by molar-refractivity contribution is 0.572. The maximum atomic E-state index is 13.0. The average Bonchev–Trinajstić information content (AvgIpc) is 3.33. The molecule has 9 nitrogen and oxygen atoms in total. The number of aromatic nitrogens is 4. The fourth-order valence-corrected chi connectivity index (χ4v) is 4.67. The zero-order valence-electron chi connectivity index (χ0n) is 15.9. The lowest BCUT2D eigenvalue weighted by Crippen LogP contribution is -2.39. The fraction of sp³-hybridized carbons (Fsp3) is 0.316. The predicted octanol–water partition coefficient (Wildman–Crippen LogP) is -0.0739. The Morgan fingerprint density at radius 2 is 2.00 bits per heavy atom. The Kier molecular flexibility index (Phi) is 4.25. The van der Waals surface area contributed by atoms with Gasteiger partial charge in [0.2, 0.25) is 10.0 Å². The van der Waals surface area contributed by atoms with E-state index in [2.05, 4.69) is 15.7 Å². The third-order valence-corrected chi connectivity index (χ3v) is 6.62. The van der Waals surface area contributed by atoms with Crippen LogP contribution in [0.15, 0.2) is 45.1 Å². The molecular formula is C19H19N5O4S. The first-order valence-corrected chi connectivity index (χ1v) is 10.4. The molecule has 1 N–H and O–H groups in total. The summed E-state index contributed by atoms with van der Waals surface area (Å²) in [6, 6.07) is 4.10. The minimum atomic E-state index is -3.91. The summed E-state index contributed by atoms with van der Waals surface area (Å²) in [4.78, 5) is 25.6. The van der Waals surface area contributed by atoms with Crippen molar-refractivity contribution in [3.8, 4) is 12.3 Å². The van der Waals surface area contributed by atoms with Gasteiger partial charge in [-0.3, -0.25) is 18.6 Å². The molecule has 0 saturated heterocycles. The van der Waals surface area contributed by atoms with Crippen molar-refractivity contribution in [1.82, 2.24) is 23.6 Å². The van der Waals surface area contributed by atoms with Crippen LogP contribution in [0.25, 0.3) is 10.9 Å². The van der Waals surface area contributed by atoms with Crippen LogP contribution in [0.1, 0.15) is 18.4 Å². The molecule has 0 unspecified atom stereocenters. The smallest absolute Gasteiger partial charge is 0.296 e. The summed E-state index contributed by atoms with van der Waals surface area (Å²) < 4.78 is 32.0. The number of sulfonamides is 1. The molecule has 0 aliphatic heterocycles. The van der Waals surface area contributed by atoms with E-state index in [1.165, 1.54) is 29.8 Å². The molecule has 150 valence electrons. The number of nitrogens with zero attached hydrogens (tertiary/aromatic N) is 4. The first-order chi connectivity index (χ1) is 13.7. The Morgan fingerprint density at radius 3 is 2.59 bits per heavy atom. The number of hydrogen-bond donors (Lipinski definition) is 1. The molecule has 2 heterocycles. The Bertz CT molecular complexity index is 1400. The van der Waals surface area contributed by atoms with E-state index in [9.17, 15) is 18.0 Å². The van der Waals surface area contributed by atoms with Crippen LogP contribution in [-0.4, -0.2) is 32.9 Å². The monoisotopic (exact) mass is 413 g/mol. The standard InChI is InChI=1S/C19H19N5O4S/c1-4-19(7-8-19)21-29(27,28)14-5-6-16-15(9-14)17(25)24(18(26)23(16)3)12-13-10-20-22(2)11-13/h1,5-6,9-11,21H,7-8,12H2,2-3H3. The second-order valence-electron chi connectivity index (χ2n) is 7.27. The molecule has 0 radical (unpaired) electrons. The van der Waals surface area contributed by atoms with E-state index in [-0.39, 0.29) is 16.8 Å². The number of terminal acetylenes is 1. The highest BCUT2D eigenvalue weighted by molar-refractivity contribution is 7.89. The van der Waals surface area contributed by atoms with E-state index in [4.69, 9.17) is 6.42 Å². The van der Waals surface area contributed by atoms with Gasteiger partial charge in [0.05, 0.1) is 34.1 Å². The quantitative estimate of drug-likeness (QED) is 0.589. The predicted molar refractivity (Wildman–Crippen MR) is 107 cm³/mol. The molecule has 1 aliphatic rings. The molecular weight excluding hydrogens is 394 g/mol. The van der Waals surface area contributed by atoms with Gasteiger partial charge in [-0.2, -0.15) is 9.82 Å². The minimum Gasteiger partial charge on any atom is -0.296 e. The number of hydrogen-bond acceptors (Lipinski definition) is 5. The second kappa shape index (κ2) is 6.43. The van der Waals surface area contributed by atoms with Crippen molar-refractivity contribution in [3.63, 3.8) is 0 Å². The van der Waals surface area contributed by atoms with Gasteiger partial charge in [0.25, 0.3) is 5.56 Å². The molecule has 0 spiro atoms. The maximum Gasteiger partial charge on any atom is 0.331 e. The molecule has 0 bridgehead atoms. The van der Waals surface area contributed by atoms with Gasteiger partial charge in [0, 0.05) is 25.9 Å². The Balaban J connectivity index is 1.85. The number of fused-ring (bicyclic) bond motifs is 1. The van der Waals surface area contributed by atoms with Crippen molar-refractivity contribution in [2.75, 3.05) is 0 Å². The molecule has 1 fully saturated rings. The van der Waals surface area contributed by atoms with Gasteiger partial charge >= 0.3 is 5.69 Å². The van der Waals surface area contributed by atoms with E-state index in [1.54, 1.807) is 24.1 Å². The van der Waals surface area contributed by atoms with Gasteiger partial charge < -0.3 is 0 Å². The van der Waals surface area contributed by atoms with Crippen LogP contribution in [0, 0.1) is 12.3 Å². The van der Waals surface area contributed by atoms with Gasteiger partial charge in [0.15, 0.2) is 0 Å². The molecule has 1 aliphatic carbocycles. The van der Waals surface area contributed by atoms with Gasteiger partial charge in [-0.25, -0.2) is 13.2 Å². The first kappa shape index (κ1) is 19.2. The number of aryl methyl sites for hydroxylation is 2. The zero-order chi connectivity index (χ0) is 21.0. The number of benzene rings is 1. The van der Waals surface area contributed by atoms with Crippen LogP contribution < -0.4 is 16.0 Å². The number of nitrogens with one attached hydrogen (secondary N) is 1. The zero-order valence-corrected chi connectivity index (χ0v) is 16.7. The van der Waals surface area contributed by atoms with Crippen LogP contribution >= 0.6 is 0 Å². The average molecular weight is 413 g/mol. The van der Waals surface area contributed by atoms with Crippen LogP contribution in [0.5, 0.6) is 0 Å². The van der Waals surface area contributed by atoms with Crippen molar-refractivity contribution >= 4 is 20.9 Å². The van der Waals surface area contributed by atoms with E-state index >= 15 is 0 Å². The summed E-state index contributed by atoms with van der Waals surface area (Å²) >= 11 is 0. The van der Waals surface area contributed by atoms with Crippen LogP contribution in [0.3, 0.4) is 0 Å². The molecule has 0 atom stereocenters.